The molecule has 0 atom stereocenters. The standard InChI is InChI=1S/C7H2F4O2S.4C7H5NO5.C7H5NO4S.C7H6O2S.CH4/c8-2-1(7(12)13)3(9)5(11)6(14)4(2)10;9-6-2-4(7(10)11)1-5(3-6)8(12)13;9-4-1-2-6(8(12)13)5(3-4)7(10)11;9-4-1-2-5(7(10)11)6(3-4)8(12)13;9-6-3-4(7(10)11)1-2-5(6)8(12)13;9-7(10)5-3-4(13)1-2-6(5)8(11)12;8-7(9)5-1-3-6(10)4-2-5;/h14H,(H,12,13);4*1-3,9H,(H,10,11);1-3,13H,(H,9,10);1-4,10H,(H,8,9);1H4. The van der Waals surface area contributed by atoms with E-state index in [1.54, 1.807) is 12.1 Å². The van der Waals surface area contributed by atoms with Crippen LogP contribution in [0.25, 0.3) is 0 Å². The van der Waals surface area contributed by atoms with Gasteiger partial charge < -0.3 is 56.2 Å². The minimum absolute atomic E-state index is 0. The maximum atomic E-state index is 12.7. The van der Waals surface area contributed by atoms with Crippen molar-refractivity contribution >= 4 is 108 Å². The van der Waals surface area contributed by atoms with Crippen LogP contribution < -0.4 is 0 Å². The van der Waals surface area contributed by atoms with Gasteiger partial charge in [-0.25, -0.2) is 51.1 Å². The second-order valence-electron chi connectivity index (χ2n) is 15.5. The van der Waals surface area contributed by atoms with Crippen molar-refractivity contribution in [2.45, 2.75) is 22.1 Å². The SMILES string of the molecule is C.O=C(O)c1c(F)c(F)c(S)c(F)c1F.O=C(O)c1cc(O)cc([N+](=O)[O-])c1.O=C(O)c1cc(O)ccc1[N+](=O)[O-].O=C(O)c1cc(S)ccc1[N+](=O)[O-].O=C(O)c1ccc(O)cc1[N+](=O)[O-].O=C(O)c1ccc(S)cc1.O=C(O)c1ccc([N+](=O)[O-])c(O)c1. The monoisotopic (exact) mass is 1330 g/mol. The maximum absolute atomic E-state index is 12.7. The van der Waals surface area contributed by atoms with Gasteiger partial charge in [-0.3, -0.25) is 50.6 Å². The molecule has 11 N–H and O–H groups in total. The minimum atomic E-state index is -2.09. The highest BCUT2D eigenvalue weighted by Gasteiger charge is 2.28. The number of nitrogens with zero attached hydrogens (tertiary/aromatic N) is 5. The molecule has 0 fully saturated rings. The topological polar surface area (TPSA) is 558 Å². The third kappa shape index (κ3) is 23.7. The predicted molar refractivity (Wildman–Crippen MR) is 302 cm³/mol. The van der Waals surface area contributed by atoms with E-state index in [2.05, 4.69) is 37.9 Å². The van der Waals surface area contributed by atoms with Crippen LogP contribution in [-0.2, 0) is 0 Å². The Morgan fingerprint density at radius 3 is 1.13 bits per heavy atom. The molecule has 90 heavy (non-hydrogen) atoms. The first-order valence-electron chi connectivity index (χ1n) is 22.0. The molecule has 7 aromatic rings. The van der Waals surface area contributed by atoms with E-state index >= 15 is 0 Å². The molecular weight excluding hydrogens is 1290 g/mol. The highest BCUT2D eigenvalue weighted by Crippen LogP contribution is 2.29. The van der Waals surface area contributed by atoms with E-state index in [4.69, 9.17) is 56.2 Å². The Bertz CT molecular complexity index is 3720. The van der Waals surface area contributed by atoms with Gasteiger partial charge in [-0.05, 0) is 66.7 Å². The number of carboxylic acid groups (broad SMARTS) is 7. The number of thiol groups is 3. The molecule has 0 spiro atoms. The van der Waals surface area contributed by atoms with Crippen LogP contribution in [0.4, 0.5) is 46.0 Å². The Labute approximate surface area is 511 Å². The van der Waals surface area contributed by atoms with Crippen LogP contribution in [0.1, 0.15) is 79.9 Å². The van der Waals surface area contributed by atoms with Gasteiger partial charge in [0.15, 0.2) is 29.0 Å². The number of aromatic carboxylic acids is 7. The lowest BCUT2D eigenvalue weighted by Crippen LogP contribution is -2.10. The summed E-state index contributed by atoms with van der Waals surface area (Å²) in [6.07, 6.45) is 0. The summed E-state index contributed by atoms with van der Waals surface area (Å²) >= 11 is 11.0. The molecule has 0 saturated heterocycles. The number of nitro groups is 5. The molecule has 0 bridgehead atoms. The average Bonchev–Trinajstić information content (AvgIpc) is 0.839. The lowest BCUT2D eigenvalue weighted by atomic mass is 10.2. The second-order valence-corrected chi connectivity index (χ2v) is 17.0. The number of carboxylic acids is 7. The zero-order valence-corrected chi connectivity index (χ0v) is 45.6. The molecule has 0 aromatic heterocycles. The number of nitro benzene ring substituents is 5. The summed E-state index contributed by atoms with van der Waals surface area (Å²) in [5.41, 5.74) is -5.73. The fourth-order valence-corrected chi connectivity index (χ4v) is 6.16. The molecule has 40 heteroatoms. The third-order valence-electron chi connectivity index (χ3n) is 9.57. The van der Waals surface area contributed by atoms with Crippen molar-refractivity contribution in [1.82, 2.24) is 0 Å². The van der Waals surface area contributed by atoms with Crippen molar-refractivity contribution < 1.29 is 132 Å². The number of phenols is 4. The van der Waals surface area contributed by atoms with Crippen LogP contribution in [0, 0.1) is 73.8 Å². The summed E-state index contributed by atoms with van der Waals surface area (Å²) in [5, 5.41) is 146. The van der Waals surface area contributed by atoms with Crippen LogP contribution >= 0.6 is 37.9 Å². The molecule has 0 aliphatic rings. The fourth-order valence-electron chi connectivity index (χ4n) is 5.61. The van der Waals surface area contributed by atoms with Gasteiger partial charge in [-0.2, -0.15) is 0 Å². The Hall–Kier alpha value is -12.2. The molecule has 0 aliphatic heterocycles. The first kappa shape index (κ1) is 77.8. The summed E-state index contributed by atoms with van der Waals surface area (Å²) in [6.45, 7) is 0. The van der Waals surface area contributed by atoms with Crippen molar-refractivity contribution in [3.63, 3.8) is 0 Å². The van der Waals surface area contributed by atoms with Crippen LogP contribution in [-0.4, -0.2) is 123 Å². The van der Waals surface area contributed by atoms with E-state index < -0.39 is 151 Å². The van der Waals surface area contributed by atoms with Crippen molar-refractivity contribution in [3.05, 3.63) is 228 Å². The van der Waals surface area contributed by atoms with Crippen molar-refractivity contribution in [3.8, 4) is 23.0 Å². The van der Waals surface area contributed by atoms with E-state index in [1.165, 1.54) is 18.2 Å². The molecule has 0 radical (unpaired) electrons. The van der Waals surface area contributed by atoms with Gasteiger partial charge in [0.1, 0.15) is 39.5 Å². The van der Waals surface area contributed by atoms with Gasteiger partial charge in [0.05, 0.1) is 58.3 Å². The van der Waals surface area contributed by atoms with E-state index in [1.807, 2.05) is 0 Å². The van der Waals surface area contributed by atoms with E-state index in [0.717, 1.165) is 89.8 Å². The van der Waals surface area contributed by atoms with Gasteiger partial charge in [-0.15, -0.1) is 37.9 Å². The summed E-state index contributed by atoms with van der Waals surface area (Å²) in [6, 6.07) is 21.2. The normalized spacial score (nSPS) is 9.54. The molecular formula is C50H37F4N5O28S3. The summed E-state index contributed by atoms with van der Waals surface area (Å²) in [4.78, 5) is 120. The largest absolute Gasteiger partial charge is 0.508 e. The molecule has 476 valence electrons. The fraction of sp³-hybridized carbons (Fsp3) is 0.0200. The molecule has 0 saturated carbocycles. The van der Waals surface area contributed by atoms with Gasteiger partial charge >= 0.3 is 47.5 Å². The number of phenolic OH excluding ortho intramolecular Hbond substituents is 4. The lowest BCUT2D eigenvalue weighted by molar-refractivity contribution is -0.385. The first-order valence-corrected chi connectivity index (χ1v) is 23.4. The number of hydrogen-bond donors (Lipinski definition) is 14. The van der Waals surface area contributed by atoms with E-state index in [9.17, 15) is 102 Å². The highest BCUT2D eigenvalue weighted by molar-refractivity contribution is 7.80. The first-order chi connectivity index (χ1) is 41.2. The number of aromatic hydroxyl groups is 4. The number of benzene rings is 7. The Balaban J connectivity index is 0.00000103. The minimum Gasteiger partial charge on any atom is -0.508 e. The second kappa shape index (κ2) is 35.3. The summed E-state index contributed by atoms with van der Waals surface area (Å²) < 4.78 is 50.8. The van der Waals surface area contributed by atoms with Crippen molar-refractivity contribution in [2.75, 3.05) is 0 Å². The predicted octanol–water partition coefficient (Wildman–Crippen LogP) is 10.1. The zero-order valence-electron chi connectivity index (χ0n) is 42.9. The van der Waals surface area contributed by atoms with Gasteiger partial charge in [0.25, 0.3) is 22.7 Å². The van der Waals surface area contributed by atoms with Crippen molar-refractivity contribution in [2.24, 2.45) is 0 Å². The van der Waals surface area contributed by atoms with Crippen LogP contribution in [0.3, 0.4) is 0 Å². The van der Waals surface area contributed by atoms with Gasteiger partial charge in [0, 0.05) is 46.2 Å². The molecule has 33 nitrogen and oxygen atoms in total. The molecule has 7 rings (SSSR count). The highest BCUT2D eigenvalue weighted by atomic mass is 32.1. The zero-order chi connectivity index (χ0) is 68.6. The molecule has 0 aliphatic carbocycles. The number of hydrogen-bond acceptors (Lipinski definition) is 24. The number of carbonyl (C=O) groups is 7. The van der Waals surface area contributed by atoms with E-state index in [0.29, 0.717) is 4.90 Å². The number of non-ortho nitro benzene ring substituents is 1. The Morgan fingerprint density at radius 1 is 0.344 bits per heavy atom. The third-order valence-corrected chi connectivity index (χ3v) is 10.5. The average molecular weight is 1330 g/mol. The number of rotatable bonds is 12. The molecule has 0 amide bonds. The number of halogens is 4. The quantitative estimate of drug-likeness (QED) is 0.0178. The van der Waals surface area contributed by atoms with Crippen LogP contribution in [0.5, 0.6) is 23.0 Å². The lowest BCUT2D eigenvalue weighted by Gasteiger charge is -2.04. The summed E-state index contributed by atoms with van der Waals surface area (Å²) in [7, 11) is 0. The Kier molecular flexibility index (Phi) is 30.5. The van der Waals surface area contributed by atoms with E-state index in [-0.39, 0.29) is 41.2 Å². The van der Waals surface area contributed by atoms with Gasteiger partial charge in [-0.1, -0.05) is 7.43 Å². The van der Waals surface area contributed by atoms with Crippen LogP contribution in [0.15, 0.2) is 130 Å². The molecule has 0 heterocycles. The Morgan fingerprint density at radius 2 is 0.733 bits per heavy atom. The van der Waals surface area contributed by atoms with Crippen molar-refractivity contribution in [1.29, 1.82) is 0 Å². The smallest absolute Gasteiger partial charge is 0.342 e. The van der Waals surface area contributed by atoms with Crippen LogP contribution in [0.2, 0.25) is 0 Å². The maximum Gasteiger partial charge on any atom is 0.342 e. The molecule has 7 aromatic carbocycles. The molecule has 0 unspecified atom stereocenters. The van der Waals surface area contributed by atoms with Gasteiger partial charge in [0.2, 0.25) is 0 Å². The summed E-state index contributed by atoms with van der Waals surface area (Å²) in [5.74, 6) is -19.1.